The van der Waals surface area contributed by atoms with E-state index in [-0.39, 0.29) is 11.6 Å². The number of hydrogen-bond acceptors (Lipinski definition) is 3. The first-order valence-corrected chi connectivity index (χ1v) is 7.66. The van der Waals surface area contributed by atoms with Gasteiger partial charge in [-0.15, -0.1) is 0 Å². The Morgan fingerprint density at radius 2 is 1.50 bits per heavy atom. The van der Waals surface area contributed by atoms with Crippen LogP contribution in [0.15, 0.2) is 42.5 Å². The van der Waals surface area contributed by atoms with E-state index in [0.29, 0.717) is 28.2 Å². The minimum absolute atomic E-state index is 0.0531. The summed E-state index contributed by atoms with van der Waals surface area (Å²) in [5, 5.41) is 3.31. The Hall–Kier alpha value is -2.26. The molecule has 0 radical (unpaired) electrons. The Labute approximate surface area is 130 Å². The standard InChI is InChI=1S/C19H19NO2/c1-3-20-11-12(2)13-8-9-16-17(10-13)19(22)15-7-5-4-6-14(15)18(16)21/h4-10,12,20H,3,11H2,1-2H3. The molecule has 0 fully saturated rings. The van der Waals surface area contributed by atoms with E-state index in [1.54, 1.807) is 30.3 Å². The van der Waals surface area contributed by atoms with Crippen LogP contribution in [0, 0.1) is 0 Å². The molecule has 1 unspecified atom stereocenters. The van der Waals surface area contributed by atoms with E-state index in [0.717, 1.165) is 18.7 Å². The van der Waals surface area contributed by atoms with Crippen LogP contribution >= 0.6 is 0 Å². The van der Waals surface area contributed by atoms with Gasteiger partial charge in [0, 0.05) is 28.8 Å². The highest BCUT2D eigenvalue weighted by Crippen LogP contribution is 2.29. The number of carbonyl (C=O) groups excluding carboxylic acids is 2. The van der Waals surface area contributed by atoms with E-state index < -0.39 is 0 Å². The fraction of sp³-hybridized carbons (Fsp3) is 0.263. The molecule has 0 saturated heterocycles. The van der Waals surface area contributed by atoms with Crippen LogP contribution in [0.3, 0.4) is 0 Å². The van der Waals surface area contributed by atoms with Gasteiger partial charge in [-0.1, -0.05) is 50.2 Å². The molecule has 0 amide bonds. The molecule has 0 aliphatic heterocycles. The van der Waals surface area contributed by atoms with Crippen LogP contribution in [-0.2, 0) is 0 Å². The zero-order valence-corrected chi connectivity index (χ0v) is 12.8. The third-order valence-electron chi connectivity index (χ3n) is 4.22. The third-order valence-corrected chi connectivity index (χ3v) is 4.22. The van der Waals surface area contributed by atoms with Gasteiger partial charge >= 0.3 is 0 Å². The van der Waals surface area contributed by atoms with Crippen LogP contribution in [-0.4, -0.2) is 24.7 Å². The molecule has 0 aromatic heterocycles. The maximum atomic E-state index is 12.7. The molecule has 1 aliphatic carbocycles. The lowest BCUT2D eigenvalue weighted by atomic mass is 9.82. The van der Waals surface area contributed by atoms with Crippen molar-refractivity contribution >= 4 is 11.6 Å². The van der Waals surface area contributed by atoms with Crippen molar-refractivity contribution in [3.8, 4) is 0 Å². The minimum Gasteiger partial charge on any atom is -0.316 e. The fourth-order valence-electron chi connectivity index (χ4n) is 2.90. The van der Waals surface area contributed by atoms with Gasteiger partial charge in [0.15, 0.2) is 11.6 Å². The van der Waals surface area contributed by atoms with Crippen LogP contribution in [0.2, 0.25) is 0 Å². The van der Waals surface area contributed by atoms with E-state index in [1.165, 1.54) is 0 Å². The minimum atomic E-state index is -0.0592. The van der Waals surface area contributed by atoms with Gasteiger partial charge in [-0.3, -0.25) is 9.59 Å². The Morgan fingerprint density at radius 3 is 2.14 bits per heavy atom. The Bertz CT molecular complexity index is 749. The summed E-state index contributed by atoms with van der Waals surface area (Å²) in [6.07, 6.45) is 0. The van der Waals surface area contributed by atoms with Crippen LogP contribution in [0.4, 0.5) is 0 Å². The van der Waals surface area contributed by atoms with E-state index >= 15 is 0 Å². The highest BCUT2D eigenvalue weighted by Gasteiger charge is 2.29. The number of nitrogens with one attached hydrogen (secondary N) is 1. The van der Waals surface area contributed by atoms with Crippen molar-refractivity contribution in [2.24, 2.45) is 0 Å². The van der Waals surface area contributed by atoms with Crippen molar-refractivity contribution in [2.45, 2.75) is 19.8 Å². The quantitative estimate of drug-likeness (QED) is 0.803. The molecule has 22 heavy (non-hydrogen) atoms. The third kappa shape index (κ3) is 2.38. The molecular formula is C19H19NO2. The van der Waals surface area contributed by atoms with Gasteiger partial charge < -0.3 is 5.32 Å². The van der Waals surface area contributed by atoms with Gasteiger partial charge in [0.25, 0.3) is 0 Å². The van der Waals surface area contributed by atoms with Crippen molar-refractivity contribution < 1.29 is 9.59 Å². The van der Waals surface area contributed by atoms with Crippen LogP contribution in [0.5, 0.6) is 0 Å². The molecule has 0 bridgehead atoms. The predicted octanol–water partition coefficient (Wildman–Crippen LogP) is 3.18. The van der Waals surface area contributed by atoms with Gasteiger partial charge in [-0.25, -0.2) is 0 Å². The van der Waals surface area contributed by atoms with E-state index in [2.05, 4.69) is 19.2 Å². The number of benzene rings is 2. The molecule has 1 atom stereocenters. The van der Waals surface area contributed by atoms with Crippen LogP contribution < -0.4 is 5.32 Å². The van der Waals surface area contributed by atoms with Crippen molar-refractivity contribution in [2.75, 3.05) is 13.1 Å². The molecule has 3 rings (SSSR count). The summed E-state index contributed by atoms with van der Waals surface area (Å²) in [4.78, 5) is 25.2. The summed E-state index contributed by atoms with van der Waals surface area (Å²) in [5.74, 6) is 0.184. The van der Waals surface area contributed by atoms with E-state index in [4.69, 9.17) is 0 Å². The summed E-state index contributed by atoms with van der Waals surface area (Å²) in [6, 6.07) is 12.7. The average Bonchev–Trinajstić information content (AvgIpc) is 2.57. The lowest BCUT2D eigenvalue weighted by Gasteiger charge is -2.20. The number of hydrogen-bond donors (Lipinski definition) is 1. The lowest BCUT2D eigenvalue weighted by Crippen LogP contribution is -2.22. The average molecular weight is 293 g/mol. The van der Waals surface area contributed by atoms with Crippen molar-refractivity contribution in [1.29, 1.82) is 0 Å². The number of ketones is 2. The molecular weight excluding hydrogens is 274 g/mol. The molecule has 2 aromatic carbocycles. The van der Waals surface area contributed by atoms with Crippen molar-refractivity contribution in [3.63, 3.8) is 0 Å². The monoisotopic (exact) mass is 293 g/mol. The molecule has 2 aromatic rings. The number of fused-ring (bicyclic) bond motifs is 2. The highest BCUT2D eigenvalue weighted by molar-refractivity contribution is 6.28. The molecule has 3 heteroatoms. The number of carbonyl (C=O) groups is 2. The first kappa shape index (κ1) is 14.7. The van der Waals surface area contributed by atoms with Gasteiger partial charge in [-0.2, -0.15) is 0 Å². The topological polar surface area (TPSA) is 46.2 Å². The van der Waals surface area contributed by atoms with E-state index in [9.17, 15) is 9.59 Å². The SMILES string of the molecule is CCNCC(C)c1ccc2c(c1)C(=O)c1ccccc1C2=O. The Kier molecular flexibility index (Phi) is 3.90. The van der Waals surface area contributed by atoms with Crippen LogP contribution in [0.25, 0.3) is 0 Å². The van der Waals surface area contributed by atoms with Crippen molar-refractivity contribution in [1.82, 2.24) is 5.32 Å². The maximum Gasteiger partial charge on any atom is 0.194 e. The van der Waals surface area contributed by atoms with Gasteiger partial charge in [0.1, 0.15) is 0 Å². The molecule has 112 valence electrons. The first-order chi connectivity index (χ1) is 10.6. The molecule has 1 N–H and O–H groups in total. The molecule has 0 spiro atoms. The maximum absolute atomic E-state index is 12.7. The summed E-state index contributed by atoms with van der Waals surface area (Å²) in [6.45, 7) is 5.96. The summed E-state index contributed by atoms with van der Waals surface area (Å²) >= 11 is 0. The number of rotatable bonds is 4. The molecule has 1 aliphatic rings. The van der Waals surface area contributed by atoms with Gasteiger partial charge in [0.05, 0.1) is 0 Å². The normalized spacial score (nSPS) is 14.5. The Balaban J connectivity index is 2.02. The molecule has 0 saturated carbocycles. The molecule has 3 nitrogen and oxygen atoms in total. The number of likely N-dealkylation sites (N-methyl/N-ethyl adjacent to an activating group) is 1. The van der Waals surface area contributed by atoms with Gasteiger partial charge in [0.2, 0.25) is 0 Å². The van der Waals surface area contributed by atoms with Crippen LogP contribution in [0.1, 0.15) is 57.2 Å². The second kappa shape index (κ2) is 5.85. The zero-order valence-electron chi connectivity index (χ0n) is 12.8. The van der Waals surface area contributed by atoms with Gasteiger partial charge in [-0.05, 0) is 24.1 Å². The summed E-state index contributed by atoms with van der Waals surface area (Å²) in [5.41, 5.74) is 3.15. The Morgan fingerprint density at radius 1 is 0.909 bits per heavy atom. The highest BCUT2D eigenvalue weighted by atomic mass is 16.1. The second-order valence-corrected chi connectivity index (χ2v) is 5.72. The molecule has 0 heterocycles. The first-order valence-electron chi connectivity index (χ1n) is 7.66. The van der Waals surface area contributed by atoms with E-state index in [1.807, 2.05) is 12.1 Å². The smallest absolute Gasteiger partial charge is 0.194 e. The summed E-state index contributed by atoms with van der Waals surface area (Å²) < 4.78 is 0. The largest absolute Gasteiger partial charge is 0.316 e. The fourth-order valence-corrected chi connectivity index (χ4v) is 2.90. The predicted molar refractivity (Wildman–Crippen MR) is 86.7 cm³/mol. The lowest BCUT2D eigenvalue weighted by molar-refractivity contribution is 0.0979. The van der Waals surface area contributed by atoms with Crippen molar-refractivity contribution in [3.05, 3.63) is 70.3 Å². The zero-order chi connectivity index (χ0) is 15.7. The second-order valence-electron chi connectivity index (χ2n) is 5.72. The summed E-state index contributed by atoms with van der Waals surface area (Å²) in [7, 11) is 0.